The van der Waals surface area contributed by atoms with Gasteiger partial charge in [0.05, 0.1) is 0 Å². The molecule has 0 aliphatic carbocycles. The normalized spacial score (nSPS) is 11.5. The van der Waals surface area contributed by atoms with Crippen LogP contribution >= 0.6 is 0 Å². The summed E-state index contributed by atoms with van der Waals surface area (Å²) in [5.74, 6) is 0.582. The van der Waals surface area contributed by atoms with Crippen LogP contribution in [0.1, 0.15) is 125 Å². The van der Waals surface area contributed by atoms with E-state index in [0.717, 1.165) is 32.2 Å². The number of nitrogens with one attached hydrogen (secondary N) is 1. The Kier molecular flexibility index (Phi) is 24.1. The van der Waals surface area contributed by atoms with E-state index in [1.807, 2.05) is 13.8 Å². The fraction of sp³-hybridized carbons (Fsp3) is 0.955. The van der Waals surface area contributed by atoms with Crippen molar-refractivity contribution < 1.29 is 4.79 Å². The van der Waals surface area contributed by atoms with Gasteiger partial charge in [-0.1, -0.05) is 105 Å². The van der Waals surface area contributed by atoms with Crippen molar-refractivity contribution in [3.05, 3.63) is 0 Å². The second-order valence-electron chi connectivity index (χ2n) is 6.75. The summed E-state index contributed by atoms with van der Waals surface area (Å²) in [5, 5.41) is 3.15. The number of hydrogen-bond donors (Lipinski definition) is 1. The van der Waals surface area contributed by atoms with E-state index in [1.54, 1.807) is 0 Å². The van der Waals surface area contributed by atoms with E-state index in [-0.39, 0.29) is 5.92 Å². The molecule has 0 aromatic heterocycles. The molecule has 24 heavy (non-hydrogen) atoms. The van der Waals surface area contributed by atoms with Crippen LogP contribution in [0.3, 0.4) is 0 Å². The highest BCUT2D eigenvalue weighted by Gasteiger charge is 2.17. The molecule has 0 aliphatic heterocycles. The molecule has 0 bridgehead atoms. The van der Waals surface area contributed by atoms with Gasteiger partial charge in [-0.2, -0.15) is 0 Å². The first kappa shape index (κ1) is 25.7. The summed E-state index contributed by atoms with van der Waals surface area (Å²) in [5.41, 5.74) is 0. The van der Waals surface area contributed by atoms with Crippen LogP contribution in [0.2, 0.25) is 0 Å². The van der Waals surface area contributed by atoms with Crippen LogP contribution in [-0.2, 0) is 4.79 Å². The summed E-state index contributed by atoms with van der Waals surface area (Å²) in [7, 11) is 0. The van der Waals surface area contributed by atoms with Gasteiger partial charge in [0.2, 0.25) is 5.91 Å². The Hall–Kier alpha value is -0.530. The topological polar surface area (TPSA) is 29.1 Å². The zero-order valence-corrected chi connectivity index (χ0v) is 17.6. The standard InChI is InChI=1S/C20H41NO.C2H6/c1-4-7-10-12-13-15-17-19(16-14-11-8-5-2)20(22)21-18-9-6-3;1-2/h19H,4-18H2,1-3H3,(H,21,22);1-2H3. The molecule has 0 saturated carbocycles. The second kappa shape index (κ2) is 22.5. The maximum absolute atomic E-state index is 12.3. The van der Waals surface area contributed by atoms with Crippen LogP contribution < -0.4 is 5.32 Å². The monoisotopic (exact) mass is 341 g/mol. The minimum absolute atomic E-state index is 0.264. The maximum Gasteiger partial charge on any atom is 0.223 e. The lowest BCUT2D eigenvalue weighted by molar-refractivity contribution is -0.125. The lowest BCUT2D eigenvalue weighted by atomic mass is 9.93. The number of amides is 1. The third kappa shape index (κ3) is 17.8. The molecule has 0 saturated heterocycles. The van der Waals surface area contributed by atoms with Crippen molar-refractivity contribution in [3.63, 3.8) is 0 Å². The van der Waals surface area contributed by atoms with E-state index < -0.39 is 0 Å². The molecular weight excluding hydrogens is 294 g/mol. The summed E-state index contributed by atoms with van der Waals surface area (Å²) < 4.78 is 0. The molecule has 2 nitrogen and oxygen atoms in total. The molecule has 146 valence electrons. The highest BCUT2D eigenvalue weighted by molar-refractivity contribution is 5.78. The fourth-order valence-corrected chi connectivity index (χ4v) is 2.93. The van der Waals surface area contributed by atoms with Crippen molar-refractivity contribution in [1.29, 1.82) is 0 Å². The van der Waals surface area contributed by atoms with E-state index in [0.29, 0.717) is 5.91 Å². The number of rotatable bonds is 16. The Morgan fingerprint density at radius 3 is 1.58 bits per heavy atom. The first-order valence-electron chi connectivity index (χ1n) is 11.0. The zero-order valence-electron chi connectivity index (χ0n) is 17.6. The van der Waals surface area contributed by atoms with Crippen LogP contribution in [0.5, 0.6) is 0 Å². The van der Waals surface area contributed by atoms with Gasteiger partial charge < -0.3 is 5.32 Å². The Morgan fingerprint density at radius 1 is 0.667 bits per heavy atom. The van der Waals surface area contributed by atoms with Gasteiger partial charge in [0.15, 0.2) is 0 Å². The van der Waals surface area contributed by atoms with E-state index >= 15 is 0 Å². The third-order valence-corrected chi connectivity index (χ3v) is 4.51. The Labute approximate surface area is 153 Å². The van der Waals surface area contributed by atoms with Crippen LogP contribution in [0, 0.1) is 5.92 Å². The summed E-state index contributed by atoms with van der Waals surface area (Å²) >= 11 is 0. The SMILES string of the molecule is CC.CCCCCCCCC(CCCCCC)C(=O)NCCCC. The van der Waals surface area contributed by atoms with Gasteiger partial charge in [-0.3, -0.25) is 4.79 Å². The predicted molar refractivity (Wildman–Crippen MR) is 110 cm³/mol. The van der Waals surface area contributed by atoms with Crippen molar-refractivity contribution in [2.24, 2.45) is 5.92 Å². The molecule has 0 radical (unpaired) electrons. The van der Waals surface area contributed by atoms with E-state index in [2.05, 4.69) is 26.1 Å². The number of unbranched alkanes of at least 4 members (excludes halogenated alkanes) is 9. The predicted octanol–water partition coefficient (Wildman–Crippen LogP) is 7.27. The van der Waals surface area contributed by atoms with Crippen LogP contribution in [0.4, 0.5) is 0 Å². The molecule has 1 unspecified atom stereocenters. The molecule has 1 N–H and O–H groups in total. The summed E-state index contributed by atoms with van der Waals surface area (Å²) in [6.07, 6.45) is 17.4. The van der Waals surface area contributed by atoms with Gasteiger partial charge in [-0.15, -0.1) is 0 Å². The molecule has 1 atom stereocenters. The molecule has 2 heteroatoms. The van der Waals surface area contributed by atoms with Crippen molar-refractivity contribution in [2.45, 2.75) is 125 Å². The number of hydrogen-bond acceptors (Lipinski definition) is 1. The number of carbonyl (C=O) groups excluding carboxylic acids is 1. The van der Waals surface area contributed by atoms with Gasteiger partial charge in [0, 0.05) is 12.5 Å². The Balaban J connectivity index is 0. The van der Waals surface area contributed by atoms with Gasteiger partial charge in [-0.05, 0) is 19.3 Å². The van der Waals surface area contributed by atoms with Crippen LogP contribution in [0.15, 0.2) is 0 Å². The fourth-order valence-electron chi connectivity index (χ4n) is 2.93. The first-order valence-corrected chi connectivity index (χ1v) is 11.0. The van der Waals surface area contributed by atoms with Crippen molar-refractivity contribution in [2.75, 3.05) is 6.54 Å². The highest BCUT2D eigenvalue weighted by atomic mass is 16.1. The average Bonchev–Trinajstić information content (AvgIpc) is 2.61. The van der Waals surface area contributed by atoms with Crippen molar-refractivity contribution in [3.8, 4) is 0 Å². The maximum atomic E-state index is 12.3. The van der Waals surface area contributed by atoms with E-state index in [4.69, 9.17) is 0 Å². The minimum atomic E-state index is 0.264. The summed E-state index contributed by atoms with van der Waals surface area (Å²) in [4.78, 5) is 12.3. The minimum Gasteiger partial charge on any atom is -0.356 e. The highest BCUT2D eigenvalue weighted by Crippen LogP contribution is 2.19. The molecule has 0 spiro atoms. The third-order valence-electron chi connectivity index (χ3n) is 4.51. The van der Waals surface area contributed by atoms with Gasteiger partial charge in [0.1, 0.15) is 0 Å². The molecule has 0 aliphatic rings. The average molecular weight is 342 g/mol. The van der Waals surface area contributed by atoms with Gasteiger partial charge >= 0.3 is 0 Å². The molecule has 0 rings (SSSR count). The summed E-state index contributed by atoms with van der Waals surface area (Å²) in [6.45, 7) is 11.5. The first-order chi connectivity index (χ1) is 11.8. The molecule has 0 fully saturated rings. The quantitative estimate of drug-likeness (QED) is 0.294. The van der Waals surface area contributed by atoms with Crippen LogP contribution in [0.25, 0.3) is 0 Å². The number of carbonyl (C=O) groups is 1. The van der Waals surface area contributed by atoms with E-state index in [9.17, 15) is 4.79 Å². The molecule has 0 aromatic rings. The molecule has 1 amide bonds. The molecular formula is C22H47NO. The Bertz CT molecular complexity index is 240. The molecule has 0 heterocycles. The van der Waals surface area contributed by atoms with Crippen molar-refractivity contribution in [1.82, 2.24) is 5.32 Å². The largest absolute Gasteiger partial charge is 0.356 e. The van der Waals surface area contributed by atoms with Gasteiger partial charge in [-0.25, -0.2) is 0 Å². The Morgan fingerprint density at radius 2 is 1.08 bits per heavy atom. The summed E-state index contributed by atoms with van der Waals surface area (Å²) in [6, 6.07) is 0. The van der Waals surface area contributed by atoms with Gasteiger partial charge in [0.25, 0.3) is 0 Å². The zero-order chi connectivity index (χ0) is 18.5. The van der Waals surface area contributed by atoms with Crippen LogP contribution in [-0.4, -0.2) is 12.5 Å². The lowest BCUT2D eigenvalue weighted by Gasteiger charge is -2.17. The van der Waals surface area contributed by atoms with Crippen molar-refractivity contribution >= 4 is 5.91 Å². The second-order valence-corrected chi connectivity index (χ2v) is 6.75. The molecule has 0 aromatic carbocycles. The smallest absolute Gasteiger partial charge is 0.223 e. The van der Waals surface area contributed by atoms with E-state index in [1.165, 1.54) is 64.2 Å². The lowest BCUT2D eigenvalue weighted by Crippen LogP contribution is -2.31.